The molecule has 0 aromatic carbocycles. The van der Waals surface area contributed by atoms with Crippen LogP contribution in [0.4, 0.5) is 5.82 Å². The SMILES string of the molecule is Cc1noc(C)c1OC[C@H]1O[C@@H](n2cnc3c(NC4CCCC4)ncnc32)[C@H](O)[C@@H]1O. The van der Waals surface area contributed by atoms with Crippen LogP contribution in [0.5, 0.6) is 5.75 Å². The van der Waals surface area contributed by atoms with Gasteiger partial charge in [-0.1, -0.05) is 18.0 Å². The molecule has 0 radical (unpaired) electrons. The first kappa shape index (κ1) is 20.2. The first-order valence-corrected chi connectivity index (χ1v) is 10.5. The minimum absolute atomic E-state index is 0.0354. The van der Waals surface area contributed by atoms with E-state index in [1.54, 1.807) is 24.7 Å². The van der Waals surface area contributed by atoms with Gasteiger partial charge in [-0.3, -0.25) is 4.57 Å². The summed E-state index contributed by atoms with van der Waals surface area (Å²) in [4.78, 5) is 13.1. The van der Waals surface area contributed by atoms with Crippen LogP contribution in [0.25, 0.3) is 11.2 Å². The molecular formula is C20H26N6O5. The molecule has 1 saturated carbocycles. The molecule has 0 bridgehead atoms. The second-order valence-electron chi connectivity index (χ2n) is 8.18. The van der Waals surface area contributed by atoms with Crippen LogP contribution in [0, 0.1) is 13.8 Å². The maximum absolute atomic E-state index is 10.7. The van der Waals surface area contributed by atoms with E-state index in [4.69, 9.17) is 14.0 Å². The second kappa shape index (κ2) is 8.06. The Labute approximate surface area is 178 Å². The van der Waals surface area contributed by atoms with E-state index in [9.17, 15) is 10.2 Å². The van der Waals surface area contributed by atoms with Gasteiger partial charge in [-0.2, -0.15) is 0 Å². The molecule has 31 heavy (non-hydrogen) atoms. The summed E-state index contributed by atoms with van der Waals surface area (Å²) < 4.78 is 18.4. The van der Waals surface area contributed by atoms with Crippen LogP contribution in [-0.4, -0.2) is 65.8 Å². The summed E-state index contributed by atoms with van der Waals surface area (Å²) in [5.41, 5.74) is 1.75. The summed E-state index contributed by atoms with van der Waals surface area (Å²) >= 11 is 0. The van der Waals surface area contributed by atoms with Crippen molar-refractivity contribution in [3.05, 3.63) is 24.1 Å². The van der Waals surface area contributed by atoms with Crippen LogP contribution < -0.4 is 10.1 Å². The highest BCUT2D eigenvalue weighted by atomic mass is 16.6. The Bertz CT molecular complexity index is 1040. The van der Waals surface area contributed by atoms with E-state index in [2.05, 4.69) is 25.4 Å². The molecular weight excluding hydrogens is 404 g/mol. The zero-order valence-corrected chi connectivity index (χ0v) is 17.4. The largest absolute Gasteiger partial charge is 0.485 e. The fourth-order valence-corrected chi connectivity index (χ4v) is 4.35. The molecule has 4 heterocycles. The van der Waals surface area contributed by atoms with E-state index in [0.717, 1.165) is 12.8 Å². The van der Waals surface area contributed by atoms with Crippen LogP contribution in [0.1, 0.15) is 43.4 Å². The smallest absolute Gasteiger partial charge is 0.184 e. The number of rotatable bonds is 6. The Morgan fingerprint density at radius 3 is 2.71 bits per heavy atom. The van der Waals surface area contributed by atoms with Gasteiger partial charge in [-0.05, 0) is 19.8 Å². The van der Waals surface area contributed by atoms with Crippen molar-refractivity contribution >= 4 is 17.0 Å². The number of aliphatic hydroxyl groups is 2. The number of nitrogens with zero attached hydrogens (tertiary/aromatic N) is 5. The zero-order valence-electron chi connectivity index (χ0n) is 17.4. The Balaban J connectivity index is 1.35. The minimum atomic E-state index is -1.17. The number of hydrogen-bond acceptors (Lipinski definition) is 10. The van der Waals surface area contributed by atoms with Crippen molar-refractivity contribution in [1.82, 2.24) is 24.7 Å². The third kappa shape index (κ3) is 3.62. The van der Waals surface area contributed by atoms with E-state index < -0.39 is 24.5 Å². The standard InChI is InChI=1S/C20H26N6O5/c1-10-17(11(2)31-25-10)29-7-13-15(27)16(28)20(30-13)26-9-23-14-18(21-8-22-19(14)26)24-12-5-3-4-6-12/h8-9,12-13,15-16,20,27-28H,3-7H2,1-2H3,(H,21,22,24)/t13-,15-,16-,20-/m1/s1. The lowest BCUT2D eigenvalue weighted by Crippen LogP contribution is -2.34. The fraction of sp³-hybridized carbons (Fsp3) is 0.600. The molecule has 1 aliphatic carbocycles. The van der Waals surface area contributed by atoms with Gasteiger partial charge in [0.25, 0.3) is 0 Å². The summed E-state index contributed by atoms with van der Waals surface area (Å²) in [7, 11) is 0. The summed E-state index contributed by atoms with van der Waals surface area (Å²) in [5.74, 6) is 1.72. The van der Waals surface area contributed by atoms with Crippen LogP contribution >= 0.6 is 0 Å². The Morgan fingerprint density at radius 1 is 1.16 bits per heavy atom. The van der Waals surface area contributed by atoms with Crippen LogP contribution in [0.2, 0.25) is 0 Å². The van der Waals surface area contributed by atoms with Gasteiger partial charge in [0.15, 0.2) is 34.7 Å². The molecule has 3 N–H and O–H groups in total. The molecule has 4 atom stereocenters. The predicted octanol–water partition coefficient (Wildman–Crippen LogP) is 1.48. The van der Waals surface area contributed by atoms with E-state index >= 15 is 0 Å². The van der Waals surface area contributed by atoms with Gasteiger partial charge in [0.05, 0.1) is 6.33 Å². The van der Waals surface area contributed by atoms with Gasteiger partial charge in [0.1, 0.15) is 36.9 Å². The molecule has 2 aliphatic rings. The van der Waals surface area contributed by atoms with Crippen molar-refractivity contribution in [3.63, 3.8) is 0 Å². The van der Waals surface area contributed by atoms with Crippen LogP contribution in [0.3, 0.4) is 0 Å². The lowest BCUT2D eigenvalue weighted by molar-refractivity contribution is -0.0476. The van der Waals surface area contributed by atoms with Crippen molar-refractivity contribution in [2.75, 3.05) is 11.9 Å². The second-order valence-corrected chi connectivity index (χ2v) is 8.18. The fourth-order valence-electron chi connectivity index (χ4n) is 4.35. The molecule has 3 aromatic heterocycles. The quantitative estimate of drug-likeness (QED) is 0.526. The number of aromatic nitrogens is 5. The molecule has 5 rings (SSSR count). The van der Waals surface area contributed by atoms with Crippen molar-refractivity contribution < 1.29 is 24.2 Å². The molecule has 0 unspecified atom stereocenters. The van der Waals surface area contributed by atoms with E-state index in [-0.39, 0.29) is 6.61 Å². The molecule has 1 saturated heterocycles. The normalized spacial score (nSPS) is 26.7. The molecule has 2 fully saturated rings. The van der Waals surface area contributed by atoms with Crippen LogP contribution in [-0.2, 0) is 4.74 Å². The molecule has 11 heteroatoms. The zero-order chi connectivity index (χ0) is 21.5. The lowest BCUT2D eigenvalue weighted by atomic mass is 10.1. The first-order valence-electron chi connectivity index (χ1n) is 10.5. The van der Waals surface area contributed by atoms with Crippen molar-refractivity contribution in [2.45, 2.75) is 70.1 Å². The Morgan fingerprint density at radius 2 is 1.97 bits per heavy atom. The van der Waals surface area contributed by atoms with Crippen LogP contribution in [0.15, 0.2) is 17.2 Å². The maximum atomic E-state index is 10.7. The molecule has 0 amide bonds. The highest BCUT2D eigenvalue weighted by molar-refractivity contribution is 5.82. The van der Waals surface area contributed by atoms with Crippen molar-refractivity contribution in [3.8, 4) is 5.75 Å². The molecule has 0 spiro atoms. The topological polar surface area (TPSA) is 141 Å². The van der Waals surface area contributed by atoms with Crippen molar-refractivity contribution in [2.24, 2.45) is 0 Å². The highest BCUT2D eigenvalue weighted by Crippen LogP contribution is 2.33. The molecule has 1 aliphatic heterocycles. The number of aliphatic hydroxyl groups excluding tert-OH is 2. The summed E-state index contributed by atoms with van der Waals surface area (Å²) in [6.45, 7) is 3.55. The number of aryl methyl sites for hydroxylation is 2. The van der Waals surface area contributed by atoms with E-state index in [1.165, 1.54) is 19.2 Å². The van der Waals surface area contributed by atoms with Gasteiger partial charge in [-0.15, -0.1) is 0 Å². The number of ether oxygens (including phenoxy) is 2. The number of hydrogen-bond donors (Lipinski definition) is 3. The maximum Gasteiger partial charge on any atom is 0.184 e. The number of fused-ring (bicyclic) bond motifs is 1. The van der Waals surface area contributed by atoms with Gasteiger partial charge in [0.2, 0.25) is 0 Å². The minimum Gasteiger partial charge on any atom is -0.485 e. The third-order valence-electron chi connectivity index (χ3n) is 6.03. The third-order valence-corrected chi connectivity index (χ3v) is 6.03. The molecule has 166 valence electrons. The predicted molar refractivity (Wildman–Crippen MR) is 109 cm³/mol. The number of nitrogens with one attached hydrogen (secondary N) is 1. The van der Waals surface area contributed by atoms with Crippen molar-refractivity contribution in [1.29, 1.82) is 0 Å². The first-order chi connectivity index (χ1) is 15.0. The van der Waals surface area contributed by atoms with Gasteiger partial charge in [0, 0.05) is 13.0 Å². The highest BCUT2D eigenvalue weighted by Gasteiger charge is 2.45. The monoisotopic (exact) mass is 430 g/mol. The molecule has 11 nitrogen and oxygen atoms in total. The number of imidazole rings is 1. The van der Waals surface area contributed by atoms with Gasteiger partial charge < -0.3 is 29.5 Å². The van der Waals surface area contributed by atoms with E-state index in [0.29, 0.717) is 40.2 Å². The Hall–Kier alpha value is -2.76. The number of anilines is 1. The van der Waals surface area contributed by atoms with Gasteiger partial charge >= 0.3 is 0 Å². The summed E-state index contributed by atoms with van der Waals surface area (Å²) in [6.07, 6.45) is 3.74. The summed E-state index contributed by atoms with van der Waals surface area (Å²) in [5, 5.41) is 28.5. The lowest BCUT2D eigenvalue weighted by Gasteiger charge is -2.17. The Kier molecular flexibility index (Phi) is 5.24. The average molecular weight is 430 g/mol. The van der Waals surface area contributed by atoms with Gasteiger partial charge in [-0.25, -0.2) is 15.0 Å². The summed E-state index contributed by atoms with van der Waals surface area (Å²) in [6, 6.07) is 0.379. The average Bonchev–Trinajstić information content (AvgIpc) is 3.53. The molecule has 3 aromatic rings. The van der Waals surface area contributed by atoms with E-state index in [1.807, 2.05) is 0 Å².